The van der Waals surface area contributed by atoms with E-state index in [0.29, 0.717) is 17.9 Å². The number of carbonyl (C=O) groups is 2. The predicted octanol–water partition coefficient (Wildman–Crippen LogP) is 1.82. The van der Waals surface area contributed by atoms with Crippen LogP contribution in [0.5, 0.6) is 0 Å². The highest BCUT2D eigenvalue weighted by Gasteiger charge is 2.21. The molecule has 0 radical (unpaired) electrons. The minimum absolute atomic E-state index is 0.0607. The molecule has 0 aliphatic rings. The number of halogens is 1. The van der Waals surface area contributed by atoms with E-state index in [1.165, 1.54) is 11.1 Å². The number of hydrogen-bond acceptors (Lipinski definition) is 4. The van der Waals surface area contributed by atoms with E-state index >= 15 is 0 Å². The van der Waals surface area contributed by atoms with Crippen molar-refractivity contribution in [3.05, 3.63) is 27.8 Å². The summed E-state index contributed by atoms with van der Waals surface area (Å²) in [7, 11) is 3.32. The maximum atomic E-state index is 12.3. The second-order valence-corrected chi connectivity index (χ2v) is 6.41. The summed E-state index contributed by atoms with van der Waals surface area (Å²) in [6.45, 7) is 6.23. The lowest BCUT2D eigenvalue weighted by atomic mass is 10.3. The summed E-state index contributed by atoms with van der Waals surface area (Å²) < 4.78 is 4.07. The molecule has 0 aliphatic carbocycles. The van der Waals surface area contributed by atoms with Gasteiger partial charge in [-0.05, 0) is 36.7 Å². The van der Waals surface area contributed by atoms with Gasteiger partial charge >= 0.3 is 0 Å². The Morgan fingerprint density at radius 3 is 2.46 bits per heavy atom. The van der Waals surface area contributed by atoms with Crippen LogP contribution in [0.2, 0.25) is 0 Å². The average molecular weight is 397 g/mol. The highest BCUT2D eigenvalue weighted by atomic mass is 79.9. The molecule has 0 aliphatic heterocycles. The third-order valence-electron chi connectivity index (χ3n) is 3.61. The summed E-state index contributed by atoms with van der Waals surface area (Å²) in [5.74, 6) is -0.477. The summed E-state index contributed by atoms with van der Waals surface area (Å²) in [5, 5.41) is 11.2. The molecule has 2 aromatic rings. The topological polar surface area (TPSA) is 85.0 Å². The zero-order valence-corrected chi connectivity index (χ0v) is 16.0. The van der Waals surface area contributed by atoms with Crippen molar-refractivity contribution in [2.24, 2.45) is 0 Å². The molecule has 0 atom stereocenters. The zero-order chi connectivity index (χ0) is 18.0. The maximum Gasteiger partial charge on any atom is 0.273 e. The fourth-order valence-electron chi connectivity index (χ4n) is 2.31. The summed E-state index contributed by atoms with van der Waals surface area (Å²) >= 11 is 3.44. The SMILES string of the molecule is CCn1ncc(NC(=O)Cn2nc(C)c(Br)c2C)c1C(=O)N(C)C. The summed E-state index contributed by atoms with van der Waals surface area (Å²) in [5.41, 5.74) is 2.46. The van der Waals surface area contributed by atoms with E-state index in [-0.39, 0.29) is 18.4 Å². The average Bonchev–Trinajstić information content (AvgIpc) is 3.03. The van der Waals surface area contributed by atoms with Crippen LogP contribution in [-0.4, -0.2) is 50.4 Å². The van der Waals surface area contributed by atoms with Gasteiger partial charge in [-0.1, -0.05) is 0 Å². The van der Waals surface area contributed by atoms with Gasteiger partial charge in [0, 0.05) is 20.6 Å². The van der Waals surface area contributed by atoms with Crippen LogP contribution < -0.4 is 5.32 Å². The summed E-state index contributed by atoms with van der Waals surface area (Å²) in [6.07, 6.45) is 1.50. The molecule has 0 fully saturated rings. The van der Waals surface area contributed by atoms with E-state index in [1.807, 2.05) is 20.8 Å². The molecular weight excluding hydrogens is 376 g/mol. The first-order valence-corrected chi connectivity index (χ1v) is 8.32. The number of hydrogen-bond donors (Lipinski definition) is 1. The second-order valence-electron chi connectivity index (χ2n) is 5.61. The summed E-state index contributed by atoms with van der Waals surface area (Å²) in [4.78, 5) is 26.1. The van der Waals surface area contributed by atoms with Gasteiger partial charge in [0.15, 0.2) is 0 Å². The molecule has 2 amide bonds. The molecule has 0 saturated carbocycles. The van der Waals surface area contributed by atoms with Crippen LogP contribution in [0.1, 0.15) is 28.8 Å². The monoisotopic (exact) mass is 396 g/mol. The smallest absolute Gasteiger partial charge is 0.273 e. The minimum Gasteiger partial charge on any atom is -0.343 e. The van der Waals surface area contributed by atoms with Gasteiger partial charge in [-0.2, -0.15) is 10.2 Å². The van der Waals surface area contributed by atoms with Crippen molar-refractivity contribution in [3.63, 3.8) is 0 Å². The molecule has 130 valence electrons. The van der Waals surface area contributed by atoms with Gasteiger partial charge < -0.3 is 10.2 Å². The molecule has 0 unspecified atom stereocenters. The van der Waals surface area contributed by atoms with Gasteiger partial charge in [-0.15, -0.1) is 0 Å². The van der Waals surface area contributed by atoms with E-state index in [9.17, 15) is 9.59 Å². The molecule has 24 heavy (non-hydrogen) atoms. The third-order valence-corrected chi connectivity index (χ3v) is 4.76. The molecule has 0 aromatic carbocycles. The van der Waals surface area contributed by atoms with Crippen molar-refractivity contribution in [1.82, 2.24) is 24.5 Å². The van der Waals surface area contributed by atoms with E-state index in [4.69, 9.17) is 0 Å². The number of rotatable bonds is 5. The first-order valence-electron chi connectivity index (χ1n) is 7.53. The molecule has 0 bridgehead atoms. The Morgan fingerprint density at radius 2 is 1.96 bits per heavy atom. The molecule has 2 rings (SSSR count). The van der Waals surface area contributed by atoms with Gasteiger partial charge in [0.1, 0.15) is 12.2 Å². The molecule has 8 nitrogen and oxygen atoms in total. The number of carbonyl (C=O) groups excluding carboxylic acids is 2. The number of amides is 2. The number of aryl methyl sites for hydroxylation is 2. The van der Waals surface area contributed by atoms with Crippen LogP contribution in [0, 0.1) is 13.8 Å². The largest absolute Gasteiger partial charge is 0.343 e. The van der Waals surface area contributed by atoms with Gasteiger partial charge in [-0.25, -0.2) is 0 Å². The Bertz CT molecular complexity index is 777. The molecule has 9 heteroatoms. The lowest BCUT2D eigenvalue weighted by Crippen LogP contribution is -2.27. The van der Waals surface area contributed by atoms with Gasteiger partial charge in [0.25, 0.3) is 5.91 Å². The van der Waals surface area contributed by atoms with Gasteiger partial charge in [0.2, 0.25) is 5.91 Å². The molecule has 2 aromatic heterocycles. The van der Waals surface area contributed by atoms with Crippen molar-refractivity contribution >= 4 is 33.4 Å². The van der Waals surface area contributed by atoms with E-state index < -0.39 is 0 Å². The van der Waals surface area contributed by atoms with Crippen LogP contribution in [0.25, 0.3) is 0 Å². The Hall–Kier alpha value is -2.16. The lowest BCUT2D eigenvalue weighted by molar-refractivity contribution is -0.116. The highest BCUT2D eigenvalue weighted by Crippen LogP contribution is 2.20. The zero-order valence-electron chi connectivity index (χ0n) is 14.4. The molecule has 1 N–H and O–H groups in total. The van der Waals surface area contributed by atoms with Crippen molar-refractivity contribution in [3.8, 4) is 0 Å². The van der Waals surface area contributed by atoms with Gasteiger partial charge in [0.05, 0.1) is 27.7 Å². The highest BCUT2D eigenvalue weighted by molar-refractivity contribution is 9.10. The standard InChI is InChI=1S/C15H21BrN6O2/c1-6-21-14(15(24)20(4)5)11(7-17-21)18-12(23)8-22-10(3)13(16)9(2)19-22/h7H,6,8H2,1-5H3,(H,18,23). The fourth-order valence-corrected chi connectivity index (χ4v) is 2.59. The van der Waals surface area contributed by atoms with Crippen LogP contribution >= 0.6 is 15.9 Å². The van der Waals surface area contributed by atoms with Gasteiger partial charge in [-0.3, -0.25) is 19.0 Å². The molecule has 0 saturated heterocycles. The van der Waals surface area contributed by atoms with Crippen LogP contribution in [-0.2, 0) is 17.9 Å². The Kier molecular flexibility index (Phi) is 5.43. The van der Waals surface area contributed by atoms with E-state index in [2.05, 4.69) is 31.4 Å². The van der Waals surface area contributed by atoms with Crippen molar-refractivity contribution in [1.29, 1.82) is 0 Å². The van der Waals surface area contributed by atoms with E-state index in [1.54, 1.807) is 23.5 Å². The minimum atomic E-state index is -0.267. The lowest BCUT2D eigenvalue weighted by Gasteiger charge is -2.13. The quantitative estimate of drug-likeness (QED) is 0.834. The maximum absolute atomic E-state index is 12.3. The number of nitrogens with zero attached hydrogens (tertiary/aromatic N) is 5. The molecule has 0 spiro atoms. The molecule has 2 heterocycles. The third kappa shape index (κ3) is 3.50. The van der Waals surface area contributed by atoms with Crippen LogP contribution in [0.3, 0.4) is 0 Å². The van der Waals surface area contributed by atoms with Crippen molar-refractivity contribution in [2.45, 2.75) is 33.9 Å². The van der Waals surface area contributed by atoms with Crippen LogP contribution in [0.15, 0.2) is 10.7 Å². The Labute approximate surface area is 148 Å². The Morgan fingerprint density at radius 1 is 1.29 bits per heavy atom. The molecular formula is C15H21BrN6O2. The predicted molar refractivity (Wildman–Crippen MR) is 93.9 cm³/mol. The number of nitrogens with one attached hydrogen (secondary N) is 1. The van der Waals surface area contributed by atoms with Crippen LogP contribution in [0.4, 0.5) is 5.69 Å². The fraction of sp³-hybridized carbons (Fsp3) is 0.467. The van der Waals surface area contributed by atoms with E-state index in [0.717, 1.165) is 15.9 Å². The van der Waals surface area contributed by atoms with Crippen molar-refractivity contribution < 1.29 is 9.59 Å². The number of aromatic nitrogens is 4. The second kappa shape index (κ2) is 7.16. The first-order chi connectivity index (χ1) is 11.3. The normalized spacial score (nSPS) is 10.8. The van der Waals surface area contributed by atoms with Crippen molar-refractivity contribution in [2.75, 3.05) is 19.4 Å². The number of anilines is 1. The summed E-state index contributed by atoms with van der Waals surface area (Å²) in [6, 6.07) is 0. The Balaban J connectivity index is 2.21. The first kappa shape index (κ1) is 18.2.